The summed E-state index contributed by atoms with van der Waals surface area (Å²) < 4.78 is 23.4. The summed E-state index contributed by atoms with van der Waals surface area (Å²) in [5, 5.41) is 12.7. The standard InChI is InChI=1S/C18H16FN3O3S/c19-13-3-5-14(6-4-13)25-12-17(23)20-9-10-24-18-8-7-15(21-22-18)16-2-1-11-26-16/h1-8,11H,9-10,12H2,(H,20,23). The van der Waals surface area contributed by atoms with Crippen LogP contribution in [0, 0.1) is 5.82 Å². The Labute approximate surface area is 153 Å². The third kappa shape index (κ3) is 5.25. The molecule has 0 unspecified atom stereocenters. The number of aromatic nitrogens is 2. The van der Waals surface area contributed by atoms with Crippen molar-refractivity contribution in [3.05, 3.63) is 59.7 Å². The Kier molecular flexibility index (Phi) is 6.10. The smallest absolute Gasteiger partial charge is 0.258 e. The third-order valence-corrected chi connectivity index (χ3v) is 4.16. The largest absolute Gasteiger partial charge is 0.484 e. The molecule has 0 aliphatic heterocycles. The number of carbonyl (C=O) groups excluding carboxylic acids is 1. The van der Waals surface area contributed by atoms with Gasteiger partial charge in [0.2, 0.25) is 5.88 Å². The zero-order valence-corrected chi connectivity index (χ0v) is 14.5. The van der Waals surface area contributed by atoms with Crippen molar-refractivity contribution in [1.29, 1.82) is 0 Å². The number of rotatable bonds is 8. The lowest BCUT2D eigenvalue weighted by molar-refractivity contribution is -0.123. The molecular formula is C18H16FN3O3S. The molecule has 1 N–H and O–H groups in total. The maximum absolute atomic E-state index is 12.8. The maximum Gasteiger partial charge on any atom is 0.258 e. The fraction of sp³-hybridized carbons (Fsp3) is 0.167. The van der Waals surface area contributed by atoms with Gasteiger partial charge in [-0.3, -0.25) is 4.79 Å². The summed E-state index contributed by atoms with van der Waals surface area (Å²) in [6.45, 7) is 0.413. The molecule has 26 heavy (non-hydrogen) atoms. The molecule has 1 aromatic carbocycles. The Morgan fingerprint density at radius 2 is 1.92 bits per heavy atom. The topological polar surface area (TPSA) is 73.3 Å². The van der Waals surface area contributed by atoms with Gasteiger partial charge < -0.3 is 14.8 Å². The number of benzene rings is 1. The second-order valence-corrected chi connectivity index (χ2v) is 6.12. The fourth-order valence-corrected chi connectivity index (χ4v) is 2.72. The Hall–Kier alpha value is -3.00. The average Bonchev–Trinajstić information content (AvgIpc) is 3.20. The molecule has 2 aromatic heterocycles. The third-order valence-electron chi connectivity index (χ3n) is 3.27. The van der Waals surface area contributed by atoms with E-state index >= 15 is 0 Å². The number of nitrogens with one attached hydrogen (secondary N) is 1. The maximum atomic E-state index is 12.8. The van der Waals surface area contributed by atoms with Crippen molar-refractivity contribution >= 4 is 17.2 Å². The van der Waals surface area contributed by atoms with E-state index < -0.39 is 0 Å². The summed E-state index contributed by atoms with van der Waals surface area (Å²) in [6, 6.07) is 13.0. The number of thiophene rings is 1. The molecule has 0 atom stereocenters. The van der Waals surface area contributed by atoms with Crippen LogP contribution in [-0.4, -0.2) is 35.9 Å². The van der Waals surface area contributed by atoms with Gasteiger partial charge in [-0.1, -0.05) is 6.07 Å². The zero-order chi connectivity index (χ0) is 18.2. The van der Waals surface area contributed by atoms with Crippen LogP contribution in [0.4, 0.5) is 4.39 Å². The highest BCUT2D eigenvalue weighted by Gasteiger charge is 2.05. The van der Waals surface area contributed by atoms with Crippen molar-refractivity contribution < 1.29 is 18.7 Å². The molecule has 0 radical (unpaired) electrons. The molecule has 134 valence electrons. The molecule has 3 rings (SSSR count). The van der Waals surface area contributed by atoms with Gasteiger partial charge in [0.05, 0.1) is 11.4 Å². The van der Waals surface area contributed by atoms with Gasteiger partial charge in [0.1, 0.15) is 23.9 Å². The first kappa shape index (κ1) is 17.8. The van der Waals surface area contributed by atoms with Crippen LogP contribution in [0.3, 0.4) is 0 Å². The average molecular weight is 373 g/mol. The van der Waals surface area contributed by atoms with Crippen molar-refractivity contribution in [2.24, 2.45) is 0 Å². The van der Waals surface area contributed by atoms with Crippen LogP contribution in [0.15, 0.2) is 53.9 Å². The van der Waals surface area contributed by atoms with Gasteiger partial charge in [0, 0.05) is 6.07 Å². The van der Waals surface area contributed by atoms with Crippen molar-refractivity contribution in [1.82, 2.24) is 15.5 Å². The van der Waals surface area contributed by atoms with Gasteiger partial charge in [-0.15, -0.1) is 21.5 Å². The molecule has 0 bridgehead atoms. The monoisotopic (exact) mass is 373 g/mol. The van der Waals surface area contributed by atoms with E-state index in [0.29, 0.717) is 18.2 Å². The molecule has 0 saturated carbocycles. The Morgan fingerprint density at radius 3 is 2.62 bits per heavy atom. The minimum absolute atomic E-state index is 0.152. The lowest BCUT2D eigenvalue weighted by Gasteiger charge is -2.08. The van der Waals surface area contributed by atoms with Gasteiger partial charge in [-0.25, -0.2) is 4.39 Å². The molecule has 0 spiro atoms. The predicted molar refractivity (Wildman–Crippen MR) is 95.7 cm³/mol. The number of nitrogens with zero attached hydrogens (tertiary/aromatic N) is 2. The van der Waals surface area contributed by atoms with Crippen LogP contribution in [0.1, 0.15) is 0 Å². The van der Waals surface area contributed by atoms with E-state index in [0.717, 1.165) is 10.6 Å². The summed E-state index contributed by atoms with van der Waals surface area (Å²) >= 11 is 1.59. The van der Waals surface area contributed by atoms with Crippen molar-refractivity contribution in [3.8, 4) is 22.2 Å². The number of carbonyl (C=O) groups is 1. The second kappa shape index (κ2) is 8.91. The minimum atomic E-state index is -0.356. The highest BCUT2D eigenvalue weighted by molar-refractivity contribution is 7.13. The van der Waals surface area contributed by atoms with Crippen LogP contribution in [0.5, 0.6) is 11.6 Å². The number of hydrogen-bond donors (Lipinski definition) is 1. The van der Waals surface area contributed by atoms with Crippen molar-refractivity contribution in [2.45, 2.75) is 0 Å². The van der Waals surface area contributed by atoms with Crippen LogP contribution >= 0.6 is 11.3 Å². The molecule has 2 heterocycles. The van der Waals surface area contributed by atoms with Crippen LogP contribution in [0.25, 0.3) is 10.6 Å². The van der Waals surface area contributed by atoms with Crippen molar-refractivity contribution in [2.75, 3.05) is 19.8 Å². The fourth-order valence-electron chi connectivity index (χ4n) is 2.03. The zero-order valence-electron chi connectivity index (χ0n) is 13.7. The first-order valence-corrected chi connectivity index (χ1v) is 8.74. The number of halogens is 1. The lowest BCUT2D eigenvalue weighted by Crippen LogP contribution is -2.32. The summed E-state index contributed by atoms with van der Waals surface area (Å²) in [6.07, 6.45) is 0. The van der Waals surface area contributed by atoms with Gasteiger partial charge in [0.25, 0.3) is 5.91 Å². The molecule has 3 aromatic rings. The molecular weight excluding hydrogens is 357 g/mol. The lowest BCUT2D eigenvalue weighted by atomic mass is 10.3. The van der Waals surface area contributed by atoms with Crippen LogP contribution in [-0.2, 0) is 4.79 Å². The van der Waals surface area contributed by atoms with Gasteiger partial charge in [-0.05, 0) is 41.8 Å². The van der Waals surface area contributed by atoms with E-state index in [1.807, 2.05) is 23.6 Å². The Bertz CT molecular complexity index is 824. The van der Waals surface area contributed by atoms with E-state index in [1.54, 1.807) is 17.4 Å². The highest BCUT2D eigenvalue weighted by atomic mass is 32.1. The summed E-state index contributed by atoms with van der Waals surface area (Å²) in [4.78, 5) is 12.7. The molecule has 0 aliphatic rings. The van der Waals surface area contributed by atoms with Gasteiger partial charge in [-0.2, -0.15) is 0 Å². The Balaban J connectivity index is 1.34. The van der Waals surface area contributed by atoms with Gasteiger partial charge in [0.15, 0.2) is 6.61 Å². The van der Waals surface area contributed by atoms with E-state index in [4.69, 9.17) is 9.47 Å². The molecule has 8 heteroatoms. The molecule has 1 amide bonds. The van der Waals surface area contributed by atoms with E-state index in [9.17, 15) is 9.18 Å². The van der Waals surface area contributed by atoms with E-state index in [2.05, 4.69) is 15.5 Å². The quantitative estimate of drug-likeness (QED) is 0.615. The molecule has 0 fully saturated rings. The first-order valence-electron chi connectivity index (χ1n) is 7.86. The van der Waals surface area contributed by atoms with Crippen molar-refractivity contribution in [3.63, 3.8) is 0 Å². The van der Waals surface area contributed by atoms with Crippen LogP contribution in [0.2, 0.25) is 0 Å². The van der Waals surface area contributed by atoms with Gasteiger partial charge >= 0.3 is 0 Å². The number of amides is 1. The first-order chi connectivity index (χ1) is 12.7. The summed E-state index contributed by atoms with van der Waals surface area (Å²) in [7, 11) is 0. The highest BCUT2D eigenvalue weighted by Crippen LogP contribution is 2.22. The molecule has 0 saturated heterocycles. The molecule has 0 aliphatic carbocycles. The predicted octanol–water partition coefficient (Wildman–Crippen LogP) is 2.92. The number of hydrogen-bond acceptors (Lipinski definition) is 6. The summed E-state index contributed by atoms with van der Waals surface area (Å²) in [5.41, 5.74) is 0.790. The SMILES string of the molecule is O=C(COc1ccc(F)cc1)NCCOc1ccc(-c2cccs2)nn1. The normalized spacial score (nSPS) is 10.3. The minimum Gasteiger partial charge on any atom is -0.484 e. The Morgan fingerprint density at radius 1 is 1.08 bits per heavy atom. The second-order valence-electron chi connectivity index (χ2n) is 5.18. The van der Waals surface area contributed by atoms with Crippen LogP contribution < -0.4 is 14.8 Å². The van der Waals surface area contributed by atoms with E-state index in [-0.39, 0.29) is 24.9 Å². The molecule has 6 nitrogen and oxygen atoms in total. The van der Waals surface area contributed by atoms with E-state index in [1.165, 1.54) is 24.3 Å². The number of ether oxygens (including phenoxy) is 2. The summed E-state index contributed by atoms with van der Waals surface area (Å²) in [5.74, 6) is 0.170.